The third kappa shape index (κ3) is 42.1. The van der Waals surface area contributed by atoms with E-state index in [9.17, 15) is 78.6 Å². The highest BCUT2D eigenvalue weighted by atomic mass is 35.5. The van der Waals surface area contributed by atoms with Crippen molar-refractivity contribution in [3.8, 4) is 28.7 Å². The smallest absolute Gasteiger partial charge is 0.407 e. The van der Waals surface area contributed by atoms with Gasteiger partial charge < -0.3 is 129 Å². The molecule has 0 unspecified atom stereocenters. The van der Waals surface area contributed by atoms with E-state index in [2.05, 4.69) is 21.3 Å². The lowest BCUT2D eigenvalue weighted by atomic mass is 9.99. The fourth-order valence-electron chi connectivity index (χ4n) is 12.8. The van der Waals surface area contributed by atoms with Crippen LogP contribution in [0.2, 0.25) is 0 Å². The highest BCUT2D eigenvalue weighted by Crippen LogP contribution is 2.49. The molecule has 5 aliphatic heterocycles. The van der Waals surface area contributed by atoms with E-state index in [-0.39, 0.29) is 158 Å². The lowest BCUT2D eigenvalue weighted by Gasteiger charge is -2.31. The molecule has 0 saturated carbocycles. The first-order valence-electron chi connectivity index (χ1n) is 42.3. The topological polar surface area (TPSA) is 532 Å². The minimum Gasteiger partial charge on any atom is -0.489 e. The standard InChI is InChI=1S/C23H34FN2O7P.C19H26FN2O7P.C18H23FN2O4.2C14H18FN2O5P.2ClH/c1-6-31-34(29,32-7-2)16-26-11-10-18-12-19(8-9-20(18)21(26)27)30-15-17(13-24)14-25-22(28)33-23(3,4)5;1-19(2,3)29-18(24)21-10-13(9-20)11-28-15-4-5-16-14(8-15)6-7-22(17(16)23)12-30(25,26)27;1-18(2,3)25-17(23)21-10-12(9-19)11-24-14-4-5-15-13(8-14)6-7-20-16(15)22;2*15-6-10(7-16)8-22-12-1-2-13-11(5-12)3-4-17(14(13)18)9-23(19,20)21;;/h8-9,12-13H,6-7,10-11,14-16H2,1-5H3,(H,25,28);4-5,8-9H,6-7,10-12H2,1-3H3,(H,21,24)(H2,25,26,27);4-5,8-9H,6-7,10-11H2,1-3H3,(H,20,22)(H,21,23);2*1-2,5-6H,3-4,7-9,16H2,(H2,19,20,21);2*1H/b17-13+;13-9+;12-9+;2*10-6+;;. The van der Waals surface area contributed by atoms with Crippen LogP contribution in [0.3, 0.4) is 0 Å². The molecule has 0 atom stereocenters. The number of nitrogens with one attached hydrogen (secondary N) is 4. The largest absolute Gasteiger partial charge is 0.489 e. The summed E-state index contributed by atoms with van der Waals surface area (Å²) >= 11 is 0. The Balaban J connectivity index is 0.000000359. The molecule has 0 radical (unpaired) electrons. The Labute approximate surface area is 802 Å². The van der Waals surface area contributed by atoms with Gasteiger partial charge in [-0.1, -0.05) is 0 Å². The van der Waals surface area contributed by atoms with Crippen molar-refractivity contribution in [2.75, 3.05) is 137 Å². The lowest BCUT2D eigenvalue weighted by Crippen LogP contribution is -2.38. The van der Waals surface area contributed by atoms with Crippen LogP contribution in [0.5, 0.6) is 28.7 Å². The van der Waals surface area contributed by atoms with E-state index in [1.165, 1.54) is 17.0 Å². The van der Waals surface area contributed by atoms with E-state index in [4.69, 9.17) is 87.8 Å². The molecular weight excluding hydrogens is 1930 g/mol. The van der Waals surface area contributed by atoms with Gasteiger partial charge in [0, 0.05) is 121 Å². The highest BCUT2D eigenvalue weighted by Gasteiger charge is 2.37. The Morgan fingerprint density at radius 1 is 0.387 bits per heavy atom. The highest BCUT2D eigenvalue weighted by molar-refractivity contribution is 7.53. The van der Waals surface area contributed by atoms with Gasteiger partial charge in [-0.15, -0.1) is 24.8 Å². The number of carbonyl (C=O) groups is 8. The molecule has 760 valence electrons. The Morgan fingerprint density at radius 2 is 0.620 bits per heavy atom. The van der Waals surface area contributed by atoms with Crippen LogP contribution in [-0.4, -0.2) is 250 Å². The predicted octanol–water partition coefficient (Wildman–Crippen LogP) is 12.8. The third-order valence-corrected chi connectivity index (χ3v) is 23.2. The number of alkyl carbamates (subject to hydrolysis) is 3. The SMILES string of the molecule is CC(C)(C)OC(=O)NC/C(=C\F)COc1ccc2c(c1)CCN(CP(=O)(O)O)C2=O.CC(C)(C)OC(=O)NC/C(=C\F)COc1ccc2c(c1)CCNC2=O.CCOP(=O)(CN1CCc2cc(OC/C(=C/F)CNC(=O)OC(C)(C)C)ccc2C1=O)OCC.Cl.Cl.NC/C(=C\F)COc1ccc2c(c1)CCN(CP(=O)(O)O)C2=O.NC/C(=C\F)COc1ccc2c(c1)CCN(CP(=O)(O)O)C2=O. The molecule has 5 heterocycles. The number of hydrogen-bond acceptors (Lipinski definition) is 24. The van der Waals surface area contributed by atoms with Gasteiger partial charge >= 0.3 is 48.7 Å². The van der Waals surface area contributed by atoms with Crippen LogP contribution in [0.25, 0.3) is 0 Å². The number of rotatable bonds is 35. The number of nitrogens with two attached hydrogens (primary N) is 2. The molecule has 0 fully saturated rings. The van der Waals surface area contributed by atoms with Crippen molar-refractivity contribution in [2.24, 2.45) is 11.5 Å². The maximum Gasteiger partial charge on any atom is 0.407 e. The number of benzene rings is 5. The summed E-state index contributed by atoms with van der Waals surface area (Å²) < 4.78 is 164. The molecule has 0 bridgehead atoms. The molecule has 38 nitrogen and oxygen atoms in total. The van der Waals surface area contributed by atoms with Crippen molar-refractivity contribution < 1.29 is 155 Å². The Hall–Kier alpha value is -10.3. The number of fused-ring (bicyclic) bond motifs is 5. The summed E-state index contributed by atoms with van der Waals surface area (Å²) in [5.74, 6) is 0.701. The zero-order valence-electron chi connectivity index (χ0n) is 77.5. The quantitative estimate of drug-likeness (QED) is 0.0102. The summed E-state index contributed by atoms with van der Waals surface area (Å²) in [6, 6.07) is 24.3. The molecule has 5 aromatic carbocycles. The molecule has 14 N–H and O–H groups in total. The average Bonchev–Trinajstić information content (AvgIpc) is 0.801. The number of amides is 8. The van der Waals surface area contributed by atoms with Gasteiger partial charge in [0.1, 0.15) is 104 Å². The van der Waals surface area contributed by atoms with E-state index in [1.807, 2.05) is 0 Å². The van der Waals surface area contributed by atoms with E-state index < -0.39 is 102 Å². The summed E-state index contributed by atoms with van der Waals surface area (Å²) in [5, 5.41) is 10.2. The predicted molar refractivity (Wildman–Crippen MR) is 502 cm³/mol. The summed E-state index contributed by atoms with van der Waals surface area (Å²) in [6.07, 6.45) is 0.661. The van der Waals surface area contributed by atoms with Gasteiger partial charge in [-0.25, -0.2) is 36.3 Å². The van der Waals surface area contributed by atoms with Gasteiger partial charge in [0.2, 0.25) is 0 Å². The Morgan fingerprint density at radius 3 is 0.847 bits per heavy atom. The minimum atomic E-state index is -4.34. The van der Waals surface area contributed by atoms with Gasteiger partial charge in [0.05, 0.1) is 44.9 Å². The first-order valence-corrected chi connectivity index (χ1v) is 49.4. The summed E-state index contributed by atoms with van der Waals surface area (Å²) in [6.45, 7) is 20.8. The first kappa shape index (κ1) is 119. The fourth-order valence-corrected chi connectivity index (χ4v) is 16.7. The fraction of sp³-hybridized carbons (Fsp3) is 0.455. The van der Waals surface area contributed by atoms with Crippen LogP contribution in [0.1, 0.15) is 156 Å². The molecule has 0 spiro atoms. The maximum absolute atomic E-state index is 13.2. The van der Waals surface area contributed by atoms with Crippen LogP contribution in [0.4, 0.5) is 36.3 Å². The molecule has 0 aliphatic carbocycles. The molecule has 8 amide bonds. The van der Waals surface area contributed by atoms with E-state index in [0.29, 0.717) is 144 Å². The second kappa shape index (κ2) is 55.5. The molecular formula is C88H121Cl2F5N10O28P4. The van der Waals surface area contributed by atoms with Crippen molar-refractivity contribution in [3.63, 3.8) is 0 Å². The molecule has 137 heavy (non-hydrogen) atoms. The number of halogens is 7. The monoisotopic (exact) mass is 2050 g/mol. The lowest BCUT2D eigenvalue weighted by molar-refractivity contribution is 0.0520. The normalized spacial score (nSPS) is 14.7. The Kier molecular flexibility index (Phi) is 48.2. The summed E-state index contributed by atoms with van der Waals surface area (Å²) in [5.41, 5.74) is 16.1. The molecule has 5 aliphatic rings. The maximum atomic E-state index is 13.2. The van der Waals surface area contributed by atoms with Crippen molar-refractivity contribution in [3.05, 3.63) is 206 Å². The second-order valence-electron chi connectivity index (χ2n) is 33.6. The molecule has 0 aromatic heterocycles. The van der Waals surface area contributed by atoms with Crippen LogP contribution in [-0.2, 0) is 73.6 Å². The summed E-state index contributed by atoms with van der Waals surface area (Å²) in [4.78, 5) is 155. The minimum absolute atomic E-state index is 0. The average molecular weight is 2060 g/mol. The van der Waals surface area contributed by atoms with Crippen molar-refractivity contribution in [2.45, 2.75) is 125 Å². The van der Waals surface area contributed by atoms with Crippen LogP contribution in [0.15, 0.2) is 151 Å². The molecule has 5 aromatic rings. The van der Waals surface area contributed by atoms with Crippen molar-refractivity contribution in [1.29, 1.82) is 0 Å². The number of carbonyl (C=O) groups excluding carboxylic acids is 8. The van der Waals surface area contributed by atoms with Gasteiger partial charge in [0.15, 0.2) is 0 Å². The molecule has 49 heteroatoms. The van der Waals surface area contributed by atoms with E-state index in [1.54, 1.807) is 155 Å². The van der Waals surface area contributed by atoms with Gasteiger partial charge in [-0.3, -0.25) is 42.2 Å². The van der Waals surface area contributed by atoms with E-state index in [0.717, 1.165) is 43.4 Å². The van der Waals surface area contributed by atoms with Crippen molar-refractivity contribution in [1.82, 2.24) is 40.9 Å². The van der Waals surface area contributed by atoms with Crippen LogP contribution >= 0.6 is 55.2 Å². The van der Waals surface area contributed by atoms with Gasteiger partial charge in [-0.05, 0) is 227 Å². The number of nitrogens with zero attached hydrogens (tertiary/aromatic N) is 4. The Bertz CT molecular complexity index is 5230. The van der Waals surface area contributed by atoms with E-state index >= 15 is 0 Å². The number of hydrogen-bond donors (Lipinski definition) is 12. The van der Waals surface area contributed by atoms with Crippen molar-refractivity contribution >= 4 is 103 Å². The first-order chi connectivity index (χ1) is 63.3. The molecule has 0 saturated heterocycles. The third-order valence-electron chi connectivity index (χ3n) is 19.0. The number of ether oxygens (including phenoxy) is 8. The zero-order valence-corrected chi connectivity index (χ0v) is 82.7. The second-order valence-corrected chi connectivity index (χ2v) is 40.5. The van der Waals surface area contributed by atoms with Crippen LogP contribution < -0.4 is 56.4 Å². The molecule has 10 rings (SSSR count). The zero-order chi connectivity index (χ0) is 100. The van der Waals surface area contributed by atoms with Crippen LogP contribution in [0, 0.1) is 0 Å². The van der Waals surface area contributed by atoms with Gasteiger partial charge in [-0.2, -0.15) is 0 Å². The van der Waals surface area contributed by atoms with Gasteiger partial charge in [0.25, 0.3) is 29.5 Å². The summed E-state index contributed by atoms with van der Waals surface area (Å²) in [7, 11) is -16.3.